The Bertz CT molecular complexity index is 303. The molecule has 0 aromatic carbocycles. The molecule has 1 aliphatic heterocycles. The summed E-state index contributed by atoms with van der Waals surface area (Å²) in [5, 5.41) is 0. The van der Waals surface area contributed by atoms with E-state index in [1.165, 1.54) is 31.3 Å². The molecule has 0 radical (unpaired) electrons. The van der Waals surface area contributed by atoms with Crippen molar-refractivity contribution in [2.24, 2.45) is 0 Å². The van der Waals surface area contributed by atoms with Crippen molar-refractivity contribution in [3.05, 3.63) is 11.6 Å². The minimum atomic E-state index is 0.0485. The quantitative estimate of drug-likeness (QED) is 0.658. The summed E-state index contributed by atoms with van der Waals surface area (Å²) < 4.78 is 11.2. The van der Waals surface area contributed by atoms with Crippen LogP contribution in [0.5, 0.6) is 0 Å². The van der Waals surface area contributed by atoms with Gasteiger partial charge < -0.3 is 9.47 Å². The molecule has 0 amide bonds. The monoisotopic (exact) mass is 266 g/mol. The summed E-state index contributed by atoms with van der Waals surface area (Å²) in [6.45, 7) is 1.66. The van der Waals surface area contributed by atoms with Crippen molar-refractivity contribution < 1.29 is 14.3 Å². The Kier molecular flexibility index (Phi) is 6.58. The molecule has 0 aromatic rings. The molecular weight excluding hydrogens is 240 g/mol. The Morgan fingerprint density at radius 1 is 1.16 bits per heavy atom. The zero-order valence-electron chi connectivity index (χ0n) is 11.9. The average Bonchev–Trinajstić information content (AvgIpc) is 2.44. The summed E-state index contributed by atoms with van der Waals surface area (Å²) in [6, 6.07) is 0. The third-order valence-corrected chi connectivity index (χ3v) is 3.87. The molecule has 19 heavy (non-hydrogen) atoms. The first-order chi connectivity index (χ1) is 9.34. The van der Waals surface area contributed by atoms with Gasteiger partial charge >= 0.3 is 0 Å². The number of ketones is 1. The van der Waals surface area contributed by atoms with Gasteiger partial charge in [0, 0.05) is 19.6 Å². The second kappa shape index (κ2) is 8.49. The Labute approximate surface area is 116 Å². The van der Waals surface area contributed by atoms with E-state index in [1.54, 1.807) is 0 Å². The van der Waals surface area contributed by atoms with Crippen LogP contribution in [-0.4, -0.2) is 25.3 Å². The van der Waals surface area contributed by atoms with Gasteiger partial charge in [0.2, 0.25) is 0 Å². The molecule has 0 spiro atoms. The van der Waals surface area contributed by atoms with E-state index in [1.807, 2.05) is 6.08 Å². The fourth-order valence-corrected chi connectivity index (χ4v) is 2.75. The molecule has 108 valence electrons. The lowest BCUT2D eigenvalue weighted by Gasteiger charge is -2.22. The van der Waals surface area contributed by atoms with Crippen LogP contribution in [0.2, 0.25) is 0 Å². The van der Waals surface area contributed by atoms with Crippen molar-refractivity contribution in [1.82, 2.24) is 0 Å². The van der Waals surface area contributed by atoms with E-state index >= 15 is 0 Å². The van der Waals surface area contributed by atoms with Gasteiger partial charge in [-0.25, -0.2) is 0 Å². The first-order valence-corrected chi connectivity index (χ1v) is 7.80. The second-order valence-electron chi connectivity index (χ2n) is 5.60. The van der Waals surface area contributed by atoms with Crippen LogP contribution in [0.1, 0.15) is 64.2 Å². The second-order valence-corrected chi connectivity index (χ2v) is 5.60. The first-order valence-electron chi connectivity index (χ1n) is 7.80. The van der Waals surface area contributed by atoms with E-state index in [4.69, 9.17) is 9.47 Å². The third kappa shape index (κ3) is 5.87. The maximum Gasteiger partial charge on any atom is 0.157 e. The predicted octanol–water partition coefficient (Wildman–Crippen LogP) is 3.77. The minimum Gasteiger partial charge on any atom is -0.353 e. The number of carbonyl (C=O) groups excluding carboxylic acids is 1. The number of ether oxygens (including phenoxy) is 2. The maximum absolute atomic E-state index is 11.3. The summed E-state index contributed by atoms with van der Waals surface area (Å²) in [5.74, 6) is 0.319. The predicted molar refractivity (Wildman–Crippen MR) is 75.0 cm³/mol. The zero-order valence-corrected chi connectivity index (χ0v) is 11.9. The summed E-state index contributed by atoms with van der Waals surface area (Å²) in [7, 11) is 0. The SMILES string of the molecule is O=C1C=C(CCCCCOC2CCCCO2)CCC1. The molecule has 1 aliphatic carbocycles. The highest BCUT2D eigenvalue weighted by Gasteiger charge is 2.13. The third-order valence-electron chi connectivity index (χ3n) is 3.87. The summed E-state index contributed by atoms with van der Waals surface area (Å²) in [5.41, 5.74) is 1.35. The lowest BCUT2D eigenvalue weighted by molar-refractivity contribution is -0.162. The largest absolute Gasteiger partial charge is 0.353 e. The van der Waals surface area contributed by atoms with Crippen LogP contribution >= 0.6 is 0 Å². The molecule has 3 nitrogen and oxygen atoms in total. The highest BCUT2D eigenvalue weighted by atomic mass is 16.7. The first kappa shape index (κ1) is 14.7. The summed E-state index contributed by atoms with van der Waals surface area (Å²) >= 11 is 0. The summed E-state index contributed by atoms with van der Waals surface area (Å²) in [4.78, 5) is 11.3. The van der Waals surface area contributed by atoms with Gasteiger partial charge in [-0.2, -0.15) is 0 Å². The molecule has 2 rings (SSSR count). The van der Waals surface area contributed by atoms with E-state index in [-0.39, 0.29) is 6.29 Å². The van der Waals surface area contributed by atoms with Crippen molar-refractivity contribution in [3.63, 3.8) is 0 Å². The van der Waals surface area contributed by atoms with Crippen LogP contribution in [0.4, 0.5) is 0 Å². The lowest BCUT2D eigenvalue weighted by atomic mass is 9.94. The number of hydrogen-bond donors (Lipinski definition) is 0. The Hall–Kier alpha value is -0.670. The Morgan fingerprint density at radius 2 is 2.11 bits per heavy atom. The smallest absolute Gasteiger partial charge is 0.157 e. The van der Waals surface area contributed by atoms with E-state index in [9.17, 15) is 4.79 Å². The molecule has 3 heteroatoms. The lowest BCUT2D eigenvalue weighted by Crippen LogP contribution is -2.22. The fraction of sp³-hybridized carbons (Fsp3) is 0.812. The van der Waals surface area contributed by atoms with Gasteiger partial charge in [0.25, 0.3) is 0 Å². The maximum atomic E-state index is 11.3. The molecule has 0 saturated carbocycles. The Morgan fingerprint density at radius 3 is 2.89 bits per heavy atom. The zero-order chi connectivity index (χ0) is 13.3. The van der Waals surface area contributed by atoms with Crippen molar-refractivity contribution in [1.29, 1.82) is 0 Å². The Balaban J connectivity index is 1.46. The van der Waals surface area contributed by atoms with E-state index < -0.39 is 0 Å². The molecule has 1 fully saturated rings. The standard InChI is InChI=1S/C16H26O3/c17-15-9-6-8-14(13-15)7-2-1-4-11-18-16-10-3-5-12-19-16/h13,16H,1-12H2. The molecule has 1 heterocycles. The molecule has 0 bridgehead atoms. The van der Waals surface area contributed by atoms with Gasteiger partial charge in [-0.1, -0.05) is 12.0 Å². The van der Waals surface area contributed by atoms with Crippen molar-refractivity contribution in [2.75, 3.05) is 13.2 Å². The number of carbonyl (C=O) groups is 1. The van der Waals surface area contributed by atoms with Crippen molar-refractivity contribution in [3.8, 4) is 0 Å². The highest BCUT2D eigenvalue weighted by Crippen LogP contribution is 2.21. The van der Waals surface area contributed by atoms with E-state index in [2.05, 4.69) is 0 Å². The highest BCUT2D eigenvalue weighted by molar-refractivity contribution is 5.91. The van der Waals surface area contributed by atoms with Gasteiger partial charge in [-0.3, -0.25) is 4.79 Å². The van der Waals surface area contributed by atoms with Gasteiger partial charge in [0.05, 0.1) is 0 Å². The van der Waals surface area contributed by atoms with Crippen LogP contribution in [-0.2, 0) is 14.3 Å². The van der Waals surface area contributed by atoms with E-state index in [0.717, 1.165) is 51.7 Å². The topological polar surface area (TPSA) is 35.5 Å². The molecule has 1 saturated heterocycles. The molecular formula is C16H26O3. The van der Waals surface area contributed by atoms with Crippen LogP contribution in [0.15, 0.2) is 11.6 Å². The number of unbranched alkanes of at least 4 members (excludes halogenated alkanes) is 2. The molecule has 1 unspecified atom stereocenters. The molecule has 1 atom stereocenters. The minimum absolute atomic E-state index is 0.0485. The van der Waals surface area contributed by atoms with Gasteiger partial charge in [0.15, 0.2) is 12.1 Å². The summed E-state index contributed by atoms with van der Waals surface area (Å²) in [6.07, 6.45) is 12.8. The molecule has 2 aliphatic rings. The number of hydrogen-bond acceptors (Lipinski definition) is 3. The van der Waals surface area contributed by atoms with Crippen molar-refractivity contribution >= 4 is 5.78 Å². The number of allylic oxidation sites excluding steroid dienone is 2. The van der Waals surface area contributed by atoms with E-state index in [0.29, 0.717) is 5.78 Å². The van der Waals surface area contributed by atoms with Crippen LogP contribution in [0, 0.1) is 0 Å². The van der Waals surface area contributed by atoms with Crippen LogP contribution in [0.3, 0.4) is 0 Å². The average molecular weight is 266 g/mol. The fourth-order valence-electron chi connectivity index (χ4n) is 2.75. The molecule has 0 N–H and O–H groups in total. The van der Waals surface area contributed by atoms with Crippen molar-refractivity contribution in [2.45, 2.75) is 70.5 Å². The van der Waals surface area contributed by atoms with Crippen LogP contribution in [0.25, 0.3) is 0 Å². The molecule has 0 aromatic heterocycles. The van der Waals surface area contributed by atoms with Gasteiger partial charge in [-0.15, -0.1) is 0 Å². The normalized spacial score (nSPS) is 24.3. The number of rotatable bonds is 7. The van der Waals surface area contributed by atoms with Gasteiger partial charge in [0.1, 0.15) is 0 Å². The van der Waals surface area contributed by atoms with Crippen LogP contribution < -0.4 is 0 Å². The van der Waals surface area contributed by atoms with Gasteiger partial charge in [-0.05, 0) is 57.4 Å².